The normalized spacial score (nSPS) is 11.2. The Labute approximate surface area is 147 Å². The third-order valence-electron chi connectivity index (χ3n) is 3.96. The van der Waals surface area contributed by atoms with Crippen molar-refractivity contribution in [1.29, 1.82) is 0 Å². The van der Waals surface area contributed by atoms with Gasteiger partial charge >= 0.3 is 0 Å². The molecule has 0 unspecified atom stereocenters. The van der Waals surface area contributed by atoms with E-state index >= 15 is 0 Å². The second-order valence-corrected chi connectivity index (χ2v) is 6.81. The Kier molecular flexibility index (Phi) is 3.61. The van der Waals surface area contributed by atoms with Crippen molar-refractivity contribution in [2.24, 2.45) is 0 Å². The Balaban J connectivity index is 2.09. The number of hydrogen-bond donors (Lipinski definition) is 0. The number of thiophene rings is 1. The summed E-state index contributed by atoms with van der Waals surface area (Å²) in [6.45, 7) is 1.92. The monoisotopic (exact) mass is 352 g/mol. The van der Waals surface area contributed by atoms with E-state index in [0.29, 0.717) is 16.2 Å². The second kappa shape index (κ2) is 5.82. The third-order valence-corrected chi connectivity index (χ3v) is 5.14. The highest BCUT2D eigenvalue weighted by atomic mass is 32.1. The molecule has 0 radical (unpaired) electrons. The van der Waals surface area contributed by atoms with E-state index in [1.165, 1.54) is 17.7 Å². The minimum absolute atomic E-state index is 0.0833. The Morgan fingerprint density at radius 3 is 2.56 bits per heavy atom. The molecule has 0 N–H and O–H groups in total. The summed E-state index contributed by atoms with van der Waals surface area (Å²) in [5.74, 6) is 0.593. The molecule has 0 bridgehead atoms. The molecule has 0 spiro atoms. The van der Waals surface area contributed by atoms with Crippen molar-refractivity contribution in [1.82, 2.24) is 24.3 Å². The molecule has 0 saturated carbocycles. The fourth-order valence-corrected chi connectivity index (χ4v) is 3.90. The SMILES string of the molecule is Cc1c(-n2cncn2)sc2nc(N(C)C)n(-c3ccccc3)c(=O)c12. The number of anilines is 1. The average molecular weight is 352 g/mol. The van der Waals surface area contributed by atoms with Gasteiger partial charge in [-0.3, -0.25) is 4.79 Å². The predicted molar refractivity (Wildman–Crippen MR) is 99.2 cm³/mol. The number of fused-ring (bicyclic) bond motifs is 1. The zero-order valence-corrected chi connectivity index (χ0v) is 14.9. The number of para-hydroxylation sites is 1. The van der Waals surface area contributed by atoms with Crippen LogP contribution in [0.3, 0.4) is 0 Å². The lowest BCUT2D eigenvalue weighted by molar-refractivity contribution is 0.887. The first-order valence-corrected chi connectivity index (χ1v) is 8.53. The van der Waals surface area contributed by atoms with Crippen LogP contribution in [0.2, 0.25) is 0 Å². The average Bonchev–Trinajstić information content (AvgIpc) is 3.23. The third kappa shape index (κ3) is 2.42. The molecule has 0 fully saturated rings. The number of aryl methyl sites for hydroxylation is 1. The summed E-state index contributed by atoms with van der Waals surface area (Å²) in [5.41, 5.74) is 1.57. The molecule has 4 aromatic rings. The number of hydrogen-bond acceptors (Lipinski definition) is 6. The Morgan fingerprint density at radius 1 is 1.16 bits per heavy atom. The van der Waals surface area contributed by atoms with Gasteiger partial charge in [-0.2, -0.15) is 5.10 Å². The fourth-order valence-electron chi connectivity index (χ4n) is 2.80. The molecule has 0 aliphatic heterocycles. The summed E-state index contributed by atoms with van der Waals surface area (Å²) < 4.78 is 3.32. The van der Waals surface area contributed by atoms with Gasteiger partial charge in [0, 0.05) is 19.7 Å². The zero-order chi connectivity index (χ0) is 17.6. The van der Waals surface area contributed by atoms with Crippen LogP contribution in [0, 0.1) is 6.92 Å². The summed E-state index contributed by atoms with van der Waals surface area (Å²) in [6.07, 6.45) is 3.10. The van der Waals surface area contributed by atoms with E-state index in [0.717, 1.165) is 16.3 Å². The first kappa shape index (κ1) is 15.5. The van der Waals surface area contributed by atoms with Gasteiger partial charge in [-0.15, -0.1) is 0 Å². The van der Waals surface area contributed by atoms with Crippen molar-refractivity contribution in [2.45, 2.75) is 6.92 Å². The molecular weight excluding hydrogens is 336 g/mol. The Hall–Kier alpha value is -3.00. The second-order valence-electron chi connectivity index (χ2n) is 5.83. The highest BCUT2D eigenvalue weighted by Crippen LogP contribution is 2.31. The molecule has 0 aliphatic rings. The minimum atomic E-state index is -0.0833. The van der Waals surface area contributed by atoms with Gasteiger partial charge < -0.3 is 4.90 Å². The van der Waals surface area contributed by atoms with E-state index in [4.69, 9.17) is 4.98 Å². The number of benzene rings is 1. The topological polar surface area (TPSA) is 68.8 Å². The first-order valence-electron chi connectivity index (χ1n) is 7.72. The zero-order valence-electron chi connectivity index (χ0n) is 14.0. The van der Waals surface area contributed by atoms with Crippen LogP contribution in [-0.2, 0) is 0 Å². The van der Waals surface area contributed by atoms with Gasteiger partial charge in [0.2, 0.25) is 5.95 Å². The lowest BCUT2D eigenvalue weighted by atomic mass is 10.2. The van der Waals surface area contributed by atoms with Crippen LogP contribution in [0.25, 0.3) is 20.9 Å². The maximum Gasteiger partial charge on any atom is 0.268 e. The Bertz CT molecular complexity index is 1100. The molecule has 0 atom stereocenters. The summed E-state index contributed by atoms with van der Waals surface area (Å²) in [5, 5.41) is 5.65. The van der Waals surface area contributed by atoms with Crippen molar-refractivity contribution in [3.63, 3.8) is 0 Å². The van der Waals surface area contributed by atoms with Crippen LogP contribution >= 0.6 is 11.3 Å². The van der Waals surface area contributed by atoms with Gasteiger partial charge in [0.1, 0.15) is 22.5 Å². The van der Waals surface area contributed by atoms with E-state index in [2.05, 4.69) is 10.1 Å². The van der Waals surface area contributed by atoms with E-state index in [-0.39, 0.29) is 5.56 Å². The van der Waals surface area contributed by atoms with Crippen molar-refractivity contribution >= 4 is 27.5 Å². The van der Waals surface area contributed by atoms with Crippen LogP contribution in [0.15, 0.2) is 47.8 Å². The van der Waals surface area contributed by atoms with Crippen LogP contribution in [-0.4, -0.2) is 38.4 Å². The van der Waals surface area contributed by atoms with Crippen molar-refractivity contribution in [3.8, 4) is 10.7 Å². The highest BCUT2D eigenvalue weighted by Gasteiger charge is 2.20. The molecule has 126 valence electrons. The molecule has 1 aromatic carbocycles. The van der Waals surface area contributed by atoms with Crippen LogP contribution in [0.4, 0.5) is 5.95 Å². The summed E-state index contributed by atoms with van der Waals surface area (Å²) in [7, 11) is 3.76. The van der Waals surface area contributed by atoms with Gasteiger partial charge in [-0.25, -0.2) is 19.2 Å². The maximum absolute atomic E-state index is 13.3. The summed E-state index contributed by atoms with van der Waals surface area (Å²) in [4.78, 5) is 24.6. The van der Waals surface area contributed by atoms with Gasteiger partial charge in [-0.05, 0) is 19.1 Å². The first-order chi connectivity index (χ1) is 12.1. The van der Waals surface area contributed by atoms with Crippen LogP contribution in [0.5, 0.6) is 0 Å². The highest BCUT2D eigenvalue weighted by molar-refractivity contribution is 7.21. The molecule has 4 rings (SSSR count). The lowest BCUT2D eigenvalue weighted by Crippen LogP contribution is -2.27. The summed E-state index contributed by atoms with van der Waals surface area (Å²) in [6, 6.07) is 9.55. The van der Waals surface area contributed by atoms with Crippen molar-refractivity contribution in [2.75, 3.05) is 19.0 Å². The quantitative estimate of drug-likeness (QED) is 0.566. The smallest absolute Gasteiger partial charge is 0.268 e. The summed E-state index contributed by atoms with van der Waals surface area (Å²) >= 11 is 1.44. The van der Waals surface area contributed by atoms with Crippen LogP contribution in [0.1, 0.15) is 5.56 Å². The molecule has 7 nitrogen and oxygen atoms in total. The van der Waals surface area contributed by atoms with E-state index in [1.807, 2.05) is 56.3 Å². The fraction of sp³-hybridized carbons (Fsp3) is 0.176. The molecule has 3 heterocycles. The molecule has 0 aliphatic carbocycles. The maximum atomic E-state index is 13.3. The van der Waals surface area contributed by atoms with Gasteiger partial charge in [0.05, 0.1) is 11.1 Å². The lowest BCUT2D eigenvalue weighted by Gasteiger charge is -2.18. The number of nitrogens with zero attached hydrogens (tertiary/aromatic N) is 6. The van der Waals surface area contributed by atoms with Crippen molar-refractivity contribution < 1.29 is 0 Å². The van der Waals surface area contributed by atoms with E-state index in [1.54, 1.807) is 15.6 Å². The molecular formula is C17H16N6OS. The minimum Gasteiger partial charge on any atom is -0.348 e. The molecule has 3 aromatic heterocycles. The van der Waals surface area contributed by atoms with Gasteiger partial charge in [0.15, 0.2) is 0 Å². The number of rotatable bonds is 3. The molecule has 8 heteroatoms. The van der Waals surface area contributed by atoms with Gasteiger partial charge in [-0.1, -0.05) is 29.5 Å². The molecule has 0 amide bonds. The van der Waals surface area contributed by atoms with Crippen molar-refractivity contribution in [3.05, 3.63) is 58.9 Å². The largest absolute Gasteiger partial charge is 0.348 e. The molecule has 25 heavy (non-hydrogen) atoms. The Morgan fingerprint density at radius 2 is 1.92 bits per heavy atom. The van der Waals surface area contributed by atoms with Crippen LogP contribution < -0.4 is 10.5 Å². The van der Waals surface area contributed by atoms with E-state index < -0.39 is 0 Å². The predicted octanol–water partition coefficient (Wildman–Crippen LogP) is 2.40. The van der Waals surface area contributed by atoms with Gasteiger partial charge in [0.25, 0.3) is 5.56 Å². The standard InChI is InChI=1S/C17H16N6OS/c1-11-13-14(25-16(11)22-10-18-9-19-22)20-17(21(2)3)23(15(13)24)12-7-5-4-6-8-12/h4-10H,1-3H3. The molecule has 0 saturated heterocycles. The van der Waals surface area contributed by atoms with E-state index in [9.17, 15) is 4.79 Å². The number of aromatic nitrogens is 5.